The summed E-state index contributed by atoms with van der Waals surface area (Å²) < 4.78 is 39.2. The Hall–Kier alpha value is -2.07. The fourth-order valence-corrected chi connectivity index (χ4v) is 3.02. The fraction of sp³-hybridized carbons (Fsp3) is 0.364. The van der Waals surface area contributed by atoms with Crippen molar-refractivity contribution in [2.24, 2.45) is 0 Å². The molecule has 2 N–H and O–H groups in total. The van der Waals surface area contributed by atoms with Crippen molar-refractivity contribution >= 4 is 21.7 Å². The molecular formula is C11H13FN2O6S. The van der Waals surface area contributed by atoms with Crippen LogP contribution in [0.5, 0.6) is 0 Å². The van der Waals surface area contributed by atoms with Gasteiger partial charge in [0.1, 0.15) is 5.82 Å². The van der Waals surface area contributed by atoms with Gasteiger partial charge in [0.15, 0.2) is 4.90 Å². The van der Waals surface area contributed by atoms with E-state index in [1.54, 1.807) is 0 Å². The molecule has 0 aliphatic carbocycles. The second kappa shape index (κ2) is 6.59. The second-order valence-electron chi connectivity index (χ2n) is 4.32. The predicted octanol–water partition coefficient (Wildman–Crippen LogP) is 1.27. The van der Waals surface area contributed by atoms with Gasteiger partial charge in [-0.2, -0.15) is 0 Å². The average molecular weight is 320 g/mol. The van der Waals surface area contributed by atoms with Gasteiger partial charge in [-0.3, -0.25) is 14.9 Å². The maximum atomic E-state index is 13.0. The van der Waals surface area contributed by atoms with Crippen molar-refractivity contribution in [1.82, 2.24) is 4.72 Å². The molecule has 1 aromatic carbocycles. The molecule has 0 radical (unpaired) electrons. The Morgan fingerprint density at radius 3 is 2.67 bits per heavy atom. The second-order valence-corrected chi connectivity index (χ2v) is 6.01. The molecular weight excluding hydrogens is 307 g/mol. The van der Waals surface area contributed by atoms with Crippen LogP contribution in [-0.2, 0) is 14.8 Å². The Labute approximate surface area is 119 Å². The van der Waals surface area contributed by atoms with Gasteiger partial charge in [0.05, 0.1) is 11.0 Å². The molecule has 0 bridgehead atoms. The first-order chi connectivity index (χ1) is 9.63. The third kappa shape index (κ3) is 4.76. The molecule has 10 heteroatoms. The number of nitrogens with zero attached hydrogens (tertiary/aromatic N) is 1. The molecule has 1 aromatic rings. The zero-order valence-electron chi connectivity index (χ0n) is 10.9. The van der Waals surface area contributed by atoms with E-state index in [1.807, 2.05) is 0 Å². The molecule has 0 heterocycles. The molecule has 1 unspecified atom stereocenters. The Balaban J connectivity index is 3.03. The first-order valence-electron chi connectivity index (χ1n) is 5.81. The van der Waals surface area contributed by atoms with E-state index >= 15 is 0 Å². The lowest BCUT2D eigenvalue weighted by Gasteiger charge is -2.13. The largest absolute Gasteiger partial charge is 0.481 e. The van der Waals surface area contributed by atoms with Gasteiger partial charge in [-0.05, 0) is 25.5 Å². The molecule has 116 valence electrons. The Morgan fingerprint density at radius 1 is 1.52 bits per heavy atom. The van der Waals surface area contributed by atoms with Gasteiger partial charge < -0.3 is 5.11 Å². The number of benzene rings is 1. The summed E-state index contributed by atoms with van der Waals surface area (Å²) in [6.07, 6.45) is -0.237. The monoisotopic (exact) mass is 320 g/mol. The van der Waals surface area contributed by atoms with E-state index in [1.165, 1.54) is 6.92 Å². The van der Waals surface area contributed by atoms with Crippen LogP contribution >= 0.6 is 0 Å². The van der Waals surface area contributed by atoms with E-state index in [9.17, 15) is 27.7 Å². The zero-order valence-corrected chi connectivity index (χ0v) is 11.8. The summed E-state index contributed by atoms with van der Waals surface area (Å²) in [6, 6.07) is 1.36. The van der Waals surface area contributed by atoms with E-state index in [4.69, 9.17) is 5.11 Å². The Morgan fingerprint density at radius 2 is 2.14 bits per heavy atom. The van der Waals surface area contributed by atoms with Crippen molar-refractivity contribution in [2.75, 3.05) is 0 Å². The predicted molar refractivity (Wildman–Crippen MR) is 69.7 cm³/mol. The number of hydrogen-bond acceptors (Lipinski definition) is 5. The van der Waals surface area contributed by atoms with Gasteiger partial charge >= 0.3 is 5.97 Å². The number of carboxylic acid groups (broad SMARTS) is 1. The summed E-state index contributed by atoms with van der Waals surface area (Å²) >= 11 is 0. The summed E-state index contributed by atoms with van der Waals surface area (Å²) in [4.78, 5) is 19.5. The molecule has 0 spiro atoms. The maximum Gasteiger partial charge on any atom is 0.303 e. The molecule has 8 nitrogen and oxygen atoms in total. The highest BCUT2D eigenvalue weighted by Gasteiger charge is 2.27. The van der Waals surface area contributed by atoms with Crippen LogP contribution in [0.3, 0.4) is 0 Å². The topological polar surface area (TPSA) is 127 Å². The van der Waals surface area contributed by atoms with E-state index in [0.29, 0.717) is 6.07 Å². The van der Waals surface area contributed by atoms with Gasteiger partial charge in [0.2, 0.25) is 10.0 Å². The first-order valence-corrected chi connectivity index (χ1v) is 7.30. The zero-order chi connectivity index (χ0) is 16.2. The highest BCUT2D eigenvalue weighted by molar-refractivity contribution is 7.89. The van der Waals surface area contributed by atoms with Crippen LogP contribution in [-0.4, -0.2) is 30.5 Å². The van der Waals surface area contributed by atoms with Crippen molar-refractivity contribution < 1.29 is 27.6 Å². The molecule has 0 aliphatic rings. The normalized spacial score (nSPS) is 12.9. The van der Waals surface area contributed by atoms with Crippen molar-refractivity contribution in [3.05, 3.63) is 34.1 Å². The number of nitrogens with one attached hydrogen (secondary N) is 1. The highest BCUT2D eigenvalue weighted by Crippen LogP contribution is 2.24. The average Bonchev–Trinajstić information content (AvgIpc) is 2.35. The number of carboxylic acids is 1. The van der Waals surface area contributed by atoms with Gasteiger partial charge in [0, 0.05) is 12.5 Å². The minimum atomic E-state index is -4.25. The summed E-state index contributed by atoms with van der Waals surface area (Å²) in [7, 11) is -4.25. The molecule has 0 amide bonds. The van der Waals surface area contributed by atoms with Crippen molar-refractivity contribution in [1.29, 1.82) is 0 Å². The SMILES string of the molecule is CC(CCC(=O)O)NS(=O)(=O)c1ccc(F)cc1[N+](=O)[O-]. The van der Waals surface area contributed by atoms with Crippen LogP contribution in [0.15, 0.2) is 23.1 Å². The standard InChI is InChI=1S/C11H13FN2O6S/c1-7(2-5-11(15)16)13-21(19,20)10-4-3-8(12)6-9(10)14(17)18/h3-4,6-7,13H,2,5H2,1H3,(H,15,16). The molecule has 0 aliphatic heterocycles. The summed E-state index contributed by atoms with van der Waals surface area (Å²) in [5, 5.41) is 19.3. The molecule has 1 atom stereocenters. The molecule has 0 fully saturated rings. The summed E-state index contributed by atoms with van der Waals surface area (Å²) in [6.45, 7) is 1.43. The third-order valence-corrected chi connectivity index (χ3v) is 4.19. The molecule has 21 heavy (non-hydrogen) atoms. The lowest BCUT2D eigenvalue weighted by atomic mass is 10.2. The molecule has 0 saturated carbocycles. The van der Waals surface area contributed by atoms with Crippen molar-refractivity contribution in [3.8, 4) is 0 Å². The van der Waals surface area contributed by atoms with Crippen molar-refractivity contribution in [3.63, 3.8) is 0 Å². The van der Waals surface area contributed by atoms with Gasteiger partial charge in [-0.25, -0.2) is 17.5 Å². The molecule has 0 saturated heterocycles. The number of aliphatic carboxylic acids is 1. The van der Waals surface area contributed by atoms with Crippen LogP contribution in [0, 0.1) is 15.9 Å². The van der Waals surface area contributed by atoms with Crippen LogP contribution in [0.4, 0.5) is 10.1 Å². The number of carbonyl (C=O) groups is 1. The number of hydrogen-bond donors (Lipinski definition) is 2. The van der Waals surface area contributed by atoms with E-state index in [-0.39, 0.29) is 12.8 Å². The quantitative estimate of drug-likeness (QED) is 0.575. The molecule has 1 rings (SSSR count). The summed E-state index contributed by atoms with van der Waals surface area (Å²) in [5.41, 5.74) is -0.882. The van der Waals surface area contributed by atoms with E-state index in [2.05, 4.69) is 4.72 Å². The maximum absolute atomic E-state index is 13.0. The highest BCUT2D eigenvalue weighted by atomic mass is 32.2. The van der Waals surface area contributed by atoms with E-state index in [0.717, 1.165) is 12.1 Å². The van der Waals surface area contributed by atoms with Gasteiger partial charge in [-0.1, -0.05) is 0 Å². The van der Waals surface area contributed by atoms with E-state index < -0.39 is 43.4 Å². The van der Waals surface area contributed by atoms with Crippen LogP contribution in [0.25, 0.3) is 0 Å². The fourth-order valence-electron chi connectivity index (χ4n) is 1.59. The third-order valence-electron chi connectivity index (χ3n) is 2.55. The van der Waals surface area contributed by atoms with Crippen molar-refractivity contribution in [2.45, 2.75) is 30.7 Å². The minimum Gasteiger partial charge on any atom is -0.481 e. The number of halogens is 1. The van der Waals surface area contributed by atoms with Gasteiger partial charge in [-0.15, -0.1) is 0 Å². The number of nitro groups is 1. The first kappa shape index (κ1) is 17.0. The summed E-state index contributed by atoms with van der Waals surface area (Å²) in [5.74, 6) is -2.02. The minimum absolute atomic E-state index is 0.0174. The van der Waals surface area contributed by atoms with Crippen LogP contribution in [0.2, 0.25) is 0 Å². The smallest absolute Gasteiger partial charge is 0.303 e. The lowest BCUT2D eigenvalue weighted by molar-refractivity contribution is -0.388. The van der Waals surface area contributed by atoms with Crippen LogP contribution in [0.1, 0.15) is 19.8 Å². The Kier molecular flexibility index (Phi) is 5.33. The molecule has 0 aromatic heterocycles. The number of nitro benzene ring substituents is 1. The van der Waals surface area contributed by atoms with Crippen LogP contribution < -0.4 is 4.72 Å². The number of rotatable bonds is 7. The lowest BCUT2D eigenvalue weighted by Crippen LogP contribution is -2.33. The number of sulfonamides is 1. The Bertz CT molecular complexity index is 661. The van der Waals surface area contributed by atoms with Gasteiger partial charge in [0.25, 0.3) is 5.69 Å².